The standard InChI is InChI=1S/C46H67N11O12S/c1-30-20-31(2)44(32(3)21-30)70(68,69)52-37(33(4)58)24-50-45(67)36-25-57(38-22-34(6-7-35(38)43(36)66)23-51-46-48-9-10-49-46)11-5-8-47-39(59)26-53-12-14-54(27-40(60)61)16-18-56(29-42(64)65)19-17-55(15-13-53)28-41(62)63/h6-7,9-10,20-22,25,37,40,42,52,60-61,64-65H,5,8,11-19,23-24,26-29H2,1-4H3,(H,47,59)(H,50,67)(H,62,63)(H2,48,49,51)/t37-/m0/s1. The molecule has 1 saturated heterocycles. The van der Waals surface area contributed by atoms with Crippen LogP contribution in [0.1, 0.15) is 46.0 Å². The number of benzene rings is 2. The molecule has 1 aliphatic heterocycles. The van der Waals surface area contributed by atoms with Crippen LogP contribution in [-0.2, 0) is 37.5 Å². The fourth-order valence-corrected chi connectivity index (χ4v) is 10.2. The third kappa shape index (κ3) is 16.7. The van der Waals surface area contributed by atoms with Gasteiger partial charge in [0, 0.05) is 116 Å². The van der Waals surface area contributed by atoms with E-state index in [0.29, 0.717) is 81.4 Å². The van der Waals surface area contributed by atoms with E-state index in [1.165, 1.54) is 13.1 Å². The number of ketones is 1. The minimum Gasteiger partial charge on any atom is -0.480 e. The first-order valence-electron chi connectivity index (χ1n) is 23.1. The smallest absolute Gasteiger partial charge is 0.317 e. The average Bonchev–Trinajstić information content (AvgIpc) is 3.80. The molecule has 3 heterocycles. The lowest BCUT2D eigenvalue weighted by Gasteiger charge is -2.34. The fraction of sp³-hybridized carbons (Fsp3) is 0.522. The zero-order valence-corrected chi connectivity index (χ0v) is 40.9. The summed E-state index contributed by atoms with van der Waals surface area (Å²) in [5.41, 5.74) is 2.32. The van der Waals surface area contributed by atoms with Gasteiger partial charge in [-0.25, -0.2) is 13.4 Å². The van der Waals surface area contributed by atoms with Crippen molar-refractivity contribution < 1.29 is 53.1 Å². The number of nitrogens with one attached hydrogen (secondary N) is 5. The van der Waals surface area contributed by atoms with Crippen molar-refractivity contribution in [1.29, 1.82) is 0 Å². The minimum absolute atomic E-state index is 0.0318. The van der Waals surface area contributed by atoms with E-state index in [4.69, 9.17) is 0 Å². The highest BCUT2D eigenvalue weighted by atomic mass is 32.2. The number of anilines is 1. The number of Topliss-reactive ketones (excluding diaryl/α,β-unsaturated/α-hetero) is 1. The van der Waals surface area contributed by atoms with Crippen LogP contribution in [-0.4, -0.2) is 202 Å². The number of hydrogen-bond acceptors (Lipinski definition) is 17. The molecule has 2 aromatic heterocycles. The molecule has 70 heavy (non-hydrogen) atoms. The summed E-state index contributed by atoms with van der Waals surface area (Å²) in [5, 5.41) is 57.3. The number of carbonyl (C=O) groups is 4. The molecule has 1 fully saturated rings. The Balaban J connectivity index is 1.30. The van der Waals surface area contributed by atoms with Gasteiger partial charge < -0.3 is 51.0 Å². The van der Waals surface area contributed by atoms with Gasteiger partial charge in [-0.1, -0.05) is 23.8 Å². The molecule has 384 valence electrons. The molecule has 0 aliphatic carbocycles. The van der Waals surface area contributed by atoms with E-state index in [2.05, 4.69) is 30.6 Å². The van der Waals surface area contributed by atoms with Crippen molar-refractivity contribution in [2.24, 2.45) is 0 Å². The number of rotatable bonds is 22. The number of aromatic amines is 1. The number of hydrogen-bond donors (Lipinski definition) is 10. The summed E-state index contributed by atoms with van der Waals surface area (Å²) in [7, 11) is -4.20. The van der Waals surface area contributed by atoms with Gasteiger partial charge >= 0.3 is 5.97 Å². The van der Waals surface area contributed by atoms with E-state index >= 15 is 0 Å². The van der Waals surface area contributed by atoms with Crippen LogP contribution in [0.2, 0.25) is 0 Å². The third-order valence-corrected chi connectivity index (χ3v) is 13.6. The maximum Gasteiger partial charge on any atom is 0.317 e. The van der Waals surface area contributed by atoms with Crippen LogP contribution < -0.4 is 26.1 Å². The van der Waals surface area contributed by atoms with Crippen molar-refractivity contribution >= 4 is 50.4 Å². The molecule has 5 rings (SSSR count). The van der Waals surface area contributed by atoms with Gasteiger partial charge in [-0.05, 0) is 62.9 Å². The van der Waals surface area contributed by atoms with E-state index in [9.17, 15) is 57.9 Å². The number of imidazole rings is 1. The number of aliphatic hydroxyl groups excluding tert-OH is 2. The van der Waals surface area contributed by atoms with Crippen LogP contribution in [0.25, 0.3) is 10.9 Å². The summed E-state index contributed by atoms with van der Waals surface area (Å²) in [5.74, 6) is -2.21. The van der Waals surface area contributed by atoms with Crippen LogP contribution >= 0.6 is 0 Å². The number of aromatic nitrogens is 3. The largest absolute Gasteiger partial charge is 0.480 e. The van der Waals surface area contributed by atoms with Crippen LogP contribution in [0.4, 0.5) is 5.95 Å². The third-order valence-electron chi connectivity index (χ3n) is 11.9. The number of pyridine rings is 1. The van der Waals surface area contributed by atoms with Gasteiger partial charge in [-0.15, -0.1) is 0 Å². The number of fused-ring (bicyclic) bond motifs is 1. The number of amides is 2. The number of carboxylic acid groups (broad SMARTS) is 1. The molecule has 0 bridgehead atoms. The van der Waals surface area contributed by atoms with E-state index in [1.807, 2.05) is 11.8 Å². The first-order chi connectivity index (χ1) is 33.2. The summed E-state index contributed by atoms with van der Waals surface area (Å²) >= 11 is 0. The molecular weight excluding hydrogens is 931 g/mol. The van der Waals surface area contributed by atoms with Crippen LogP contribution in [0.3, 0.4) is 0 Å². The molecule has 23 nitrogen and oxygen atoms in total. The van der Waals surface area contributed by atoms with Crippen LogP contribution in [0.15, 0.2) is 58.6 Å². The highest BCUT2D eigenvalue weighted by molar-refractivity contribution is 7.89. The van der Waals surface area contributed by atoms with Crippen molar-refractivity contribution in [2.75, 3.05) is 96.9 Å². The highest BCUT2D eigenvalue weighted by Gasteiger charge is 2.28. The molecule has 1 atom stereocenters. The van der Waals surface area contributed by atoms with Gasteiger partial charge in [0.25, 0.3) is 5.91 Å². The van der Waals surface area contributed by atoms with E-state index in [0.717, 1.165) is 11.1 Å². The first kappa shape index (κ1) is 55.3. The Bertz CT molecular complexity index is 2570. The molecule has 0 saturated carbocycles. The Morgan fingerprint density at radius 1 is 0.814 bits per heavy atom. The Morgan fingerprint density at radius 3 is 1.94 bits per heavy atom. The van der Waals surface area contributed by atoms with Crippen molar-refractivity contribution in [3.05, 3.63) is 87.0 Å². The molecule has 2 aromatic carbocycles. The summed E-state index contributed by atoms with van der Waals surface area (Å²) < 4.78 is 31.2. The maximum atomic E-state index is 14.0. The Hall–Kier alpha value is -5.67. The summed E-state index contributed by atoms with van der Waals surface area (Å²) in [6.45, 7) is 8.70. The van der Waals surface area contributed by atoms with E-state index in [1.54, 1.807) is 75.8 Å². The lowest BCUT2D eigenvalue weighted by atomic mass is 10.1. The molecule has 10 N–H and O–H groups in total. The Labute approximate surface area is 406 Å². The molecule has 4 aromatic rings. The van der Waals surface area contributed by atoms with Crippen LogP contribution in [0, 0.1) is 20.8 Å². The van der Waals surface area contributed by atoms with Crippen molar-refractivity contribution in [3.63, 3.8) is 0 Å². The number of nitrogens with zero attached hydrogens (tertiary/aromatic N) is 6. The zero-order valence-electron chi connectivity index (χ0n) is 40.1. The predicted molar refractivity (Wildman–Crippen MR) is 259 cm³/mol. The molecule has 2 amide bonds. The van der Waals surface area contributed by atoms with Gasteiger partial charge in [0.05, 0.1) is 29.5 Å². The highest BCUT2D eigenvalue weighted by Crippen LogP contribution is 2.22. The molecular formula is C46H67N11O12S. The van der Waals surface area contributed by atoms with Gasteiger partial charge in [0.15, 0.2) is 18.5 Å². The van der Waals surface area contributed by atoms with Gasteiger partial charge in [0.2, 0.25) is 21.4 Å². The van der Waals surface area contributed by atoms with Crippen molar-refractivity contribution in [1.82, 2.24) is 49.5 Å². The summed E-state index contributed by atoms with van der Waals surface area (Å²) in [4.78, 5) is 80.1. The summed E-state index contributed by atoms with van der Waals surface area (Å²) in [6, 6.07) is 7.25. The average molecular weight is 998 g/mol. The Morgan fingerprint density at radius 2 is 1.40 bits per heavy atom. The number of carboxylic acids is 1. The monoisotopic (exact) mass is 997 g/mol. The van der Waals surface area contributed by atoms with Crippen LogP contribution in [0.5, 0.6) is 0 Å². The second kappa shape index (κ2) is 26.0. The predicted octanol–water partition coefficient (Wildman–Crippen LogP) is -1.64. The molecule has 1 aliphatic rings. The molecule has 0 unspecified atom stereocenters. The number of aliphatic hydroxyl groups is 4. The SMILES string of the molecule is CC(=O)[C@H](CNC(=O)c1cn(CCCNC(=O)CN2CCN(CC(=O)O)CCN(CC(O)O)CCN(CC(O)O)CC2)c2cc(CNc3ncc[nH]3)ccc2c1=O)NS(=O)(=O)c1c(C)cc(C)cc1C. The molecule has 0 spiro atoms. The number of carbonyl (C=O) groups excluding carboxylic acids is 3. The second-order valence-corrected chi connectivity index (χ2v) is 19.3. The van der Waals surface area contributed by atoms with Gasteiger partial charge in [-0.2, -0.15) is 4.72 Å². The van der Waals surface area contributed by atoms with Gasteiger partial charge in [-0.3, -0.25) is 43.6 Å². The molecule has 24 heteroatoms. The molecule has 0 radical (unpaired) electrons. The number of β-amino-alcohol motifs (C(OH)–C–C–N with tert-alkyl or cyclic N) is 4. The number of H-pyrrole nitrogens is 1. The number of aryl methyl sites for hydroxylation is 4. The van der Waals surface area contributed by atoms with Crippen molar-refractivity contribution in [3.8, 4) is 0 Å². The second-order valence-electron chi connectivity index (χ2n) is 17.6. The quantitative estimate of drug-likeness (QED) is 0.0312. The first-order valence-corrected chi connectivity index (χ1v) is 24.6. The fourth-order valence-electron chi connectivity index (χ4n) is 8.48. The number of aliphatic carboxylic acids is 1. The summed E-state index contributed by atoms with van der Waals surface area (Å²) in [6.07, 6.45) is 1.77. The maximum absolute atomic E-state index is 14.0. The topological polar surface area (TPSA) is 315 Å². The van der Waals surface area contributed by atoms with E-state index in [-0.39, 0.29) is 67.6 Å². The zero-order chi connectivity index (χ0) is 51.1. The Kier molecular flexibility index (Phi) is 20.5. The lowest BCUT2D eigenvalue weighted by molar-refractivity contribution is -0.138. The van der Waals surface area contributed by atoms with E-state index < -0.39 is 58.3 Å². The van der Waals surface area contributed by atoms with Gasteiger partial charge in [0.1, 0.15) is 11.3 Å². The minimum atomic E-state index is -4.20. The normalized spacial score (nSPS) is 15.7. The number of sulfonamides is 1. The lowest BCUT2D eigenvalue weighted by Crippen LogP contribution is -2.50. The van der Waals surface area contributed by atoms with Crippen molar-refractivity contribution in [2.45, 2.75) is 70.7 Å².